The molecular formula is C14H21NO2. The first-order valence-electron chi connectivity index (χ1n) is 6.20. The van der Waals surface area contributed by atoms with E-state index >= 15 is 0 Å². The fraction of sp³-hybridized carbons (Fsp3) is 0.571. The zero-order chi connectivity index (χ0) is 12.4. The lowest BCUT2D eigenvalue weighted by molar-refractivity contribution is 0.351. The molecule has 0 aliphatic heterocycles. The second kappa shape index (κ2) is 4.96. The molecule has 2 rings (SSSR count). The van der Waals surface area contributed by atoms with Crippen molar-refractivity contribution in [2.45, 2.75) is 26.3 Å². The maximum absolute atomic E-state index is 5.50. The summed E-state index contributed by atoms with van der Waals surface area (Å²) in [5, 5.41) is 3.54. The van der Waals surface area contributed by atoms with Gasteiger partial charge in [-0.2, -0.15) is 0 Å². The normalized spacial score (nSPS) is 22.4. The Kier molecular flexibility index (Phi) is 3.57. The Morgan fingerprint density at radius 3 is 2.65 bits per heavy atom. The second-order valence-corrected chi connectivity index (χ2v) is 4.59. The predicted octanol–water partition coefficient (Wildman–Crippen LogP) is 2.55. The Labute approximate surface area is 103 Å². The van der Waals surface area contributed by atoms with Crippen molar-refractivity contribution in [3.63, 3.8) is 0 Å². The van der Waals surface area contributed by atoms with Gasteiger partial charge >= 0.3 is 0 Å². The molecule has 0 spiro atoms. The highest BCUT2D eigenvalue weighted by molar-refractivity contribution is 5.54. The van der Waals surface area contributed by atoms with Crippen LogP contribution in [-0.4, -0.2) is 20.8 Å². The summed E-state index contributed by atoms with van der Waals surface area (Å²) in [6, 6.07) is 4.60. The molecule has 0 saturated heterocycles. The van der Waals surface area contributed by atoms with Crippen LogP contribution in [0.4, 0.5) is 0 Å². The average molecular weight is 235 g/mol. The van der Waals surface area contributed by atoms with Crippen molar-refractivity contribution >= 4 is 0 Å². The summed E-state index contributed by atoms with van der Waals surface area (Å²) < 4.78 is 10.8. The fourth-order valence-electron chi connectivity index (χ4n) is 2.79. The molecule has 3 heteroatoms. The Hall–Kier alpha value is -1.22. The summed E-state index contributed by atoms with van der Waals surface area (Å²) in [5.74, 6) is 2.33. The van der Waals surface area contributed by atoms with Crippen LogP contribution in [0, 0.1) is 5.92 Å². The lowest BCUT2D eigenvalue weighted by Crippen LogP contribution is -2.23. The van der Waals surface area contributed by atoms with Crippen LogP contribution in [0.5, 0.6) is 11.5 Å². The highest BCUT2D eigenvalue weighted by Gasteiger charge is 2.32. The van der Waals surface area contributed by atoms with E-state index in [2.05, 4.69) is 25.2 Å². The van der Waals surface area contributed by atoms with Gasteiger partial charge in [0.25, 0.3) is 0 Å². The van der Waals surface area contributed by atoms with E-state index in [1.54, 1.807) is 14.2 Å². The fourth-order valence-corrected chi connectivity index (χ4v) is 2.79. The molecular weight excluding hydrogens is 214 g/mol. The molecule has 1 N–H and O–H groups in total. The maximum atomic E-state index is 5.50. The van der Waals surface area contributed by atoms with Crippen molar-refractivity contribution < 1.29 is 9.47 Å². The SMILES string of the molecule is CCNC1c2ccc(OC)c(OC)c2CC1C. The van der Waals surface area contributed by atoms with Crippen molar-refractivity contribution in [1.29, 1.82) is 0 Å². The topological polar surface area (TPSA) is 30.5 Å². The summed E-state index contributed by atoms with van der Waals surface area (Å²) in [6.45, 7) is 5.41. The van der Waals surface area contributed by atoms with Gasteiger partial charge in [-0.25, -0.2) is 0 Å². The molecule has 1 aliphatic rings. The van der Waals surface area contributed by atoms with Crippen LogP contribution < -0.4 is 14.8 Å². The molecule has 1 aromatic carbocycles. The van der Waals surface area contributed by atoms with Crippen LogP contribution in [0.15, 0.2) is 12.1 Å². The number of benzene rings is 1. The molecule has 3 nitrogen and oxygen atoms in total. The summed E-state index contributed by atoms with van der Waals surface area (Å²) in [4.78, 5) is 0. The minimum atomic E-state index is 0.440. The monoisotopic (exact) mass is 235 g/mol. The van der Waals surface area contributed by atoms with Crippen LogP contribution in [0.2, 0.25) is 0 Å². The Morgan fingerprint density at radius 1 is 1.29 bits per heavy atom. The molecule has 94 valence electrons. The lowest BCUT2D eigenvalue weighted by atomic mass is 10.0. The van der Waals surface area contributed by atoms with E-state index in [9.17, 15) is 0 Å². The zero-order valence-electron chi connectivity index (χ0n) is 11.0. The Balaban J connectivity index is 2.44. The van der Waals surface area contributed by atoms with Crippen molar-refractivity contribution in [3.05, 3.63) is 23.3 Å². The molecule has 0 aromatic heterocycles. The number of hydrogen-bond donors (Lipinski definition) is 1. The Bertz CT molecular complexity index is 403. The van der Waals surface area contributed by atoms with Gasteiger partial charge in [-0.15, -0.1) is 0 Å². The quantitative estimate of drug-likeness (QED) is 0.870. The van der Waals surface area contributed by atoms with Crippen LogP contribution in [0.3, 0.4) is 0 Å². The molecule has 1 aliphatic carbocycles. The smallest absolute Gasteiger partial charge is 0.164 e. The van der Waals surface area contributed by atoms with E-state index < -0.39 is 0 Å². The molecule has 2 atom stereocenters. The van der Waals surface area contributed by atoms with E-state index in [0.29, 0.717) is 12.0 Å². The first-order valence-corrected chi connectivity index (χ1v) is 6.20. The summed E-state index contributed by atoms with van der Waals surface area (Å²) in [6.07, 6.45) is 1.05. The molecule has 17 heavy (non-hydrogen) atoms. The molecule has 0 fully saturated rings. The van der Waals surface area contributed by atoms with Crippen LogP contribution >= 0.6 is 0 Å². The minimum absolute atomic E-state index is 0.440. The molecule has 0 radical (unpaired) electrons. The van der Waals surface area contributed by atoms with Crippen LogP contribution in [-0.2, 0) is 6.42 Å². The number of rotatable bonds is 4. The van der Waals surface area contributed by atoms with Gasteiger partial charge in [-0.05, 0) is 30.5 Å². The lowest BCUT2D eigenvalue weighted by Gasteiger charge is -2.18. The molecule has 1 aromatic rings. The van der Waals surface area contributed by atoms with Gasteiger partial charge in [0, 0.05) is 11.6 Å². The van der Waals surface area contributed by atoms with E-state index in [1.807, 2.05) is 6.07 Å². The van der Waals surface area contributed by atoms with E-state index in [4.69, 9.17) is 9.47 Å². The predicted molar refractivity (Wildman–Crippen MR) is 68.8 cm³/mol. The second-order valence-electron chi connectivity index (χ2n) is 4.59. The molecule has 0 saturated carbocycles. The minimum Gasteiger partial charge on any atom is -0.493 e. The number of methoxy groups -OCH3 is 2. The standard InChI is InChI=1S/C14H21NO2/c1-5-15-13-9(2)8-11-10(13)6-7-12(16-3)14(11)17-4/h6-7,9,13,15H,5,8H2,1-4H3. The van der Waals surface area contributed by atoms with E-state index in [-0.39, 0.29) is 0 Å². The average Bonchev–Trinajstić information content (AvgIpc) is 2.65. The van der Waals surface area contributed by atoms with Gasteiger partial charge in [-0.1, -0.05) is 19.9 Å². The first-order chi connectivity index (χ1) is 8.22. The van der Waals surface area contributed by atoms with Gasteiger partial charge in [-0.3, -0.25) is 0 Å². The number of hydrogen-bond acceptors (Lipinski definition) is 3. The highest BCUT2D eigenvalue weighted by atomic mass is 16.5. The third kappa shape index (κ3) is 2.00. The van der Waals surface area contributed by atoms with E-state index in [1.165, 1.54) is 11.1 Å². The van der Waals surface area contributed by atoms with Gasteiger partial charge in [0.15, 0.2) is 11.5 Å². The van der Waals surface area contributed by atoms with Gasteiger partial charge in [0.1, 0.15) is 0 Å². The van der Waals surface area contributed by atoms with Gasteiger partial charge < -0.3 is 14.8 Å². The summed E-state index contributed by atoms with van der Waals surface area (Å²) in [5.41, 5.74) is 2.65. The highest BCUT2D eigenvalue weighted by Crippen LogP contribution is 2.44. The van der Waals surface area contributed by atoms with Crippen LogP contribution in [0.25, 0.3) is 0 Å². The molecule has 0 bridgehead atoms. The van der Waals surface area contributed by atoms with Crippen molar-refractivity contribution in [3.8, 4) is 11.5 Å². The van der Waals surface area contributed by atoms with Crippen molar-refractivity contribution in [1.82, 2.24) is 5.32 Å². The van der Waals surface area contributed by atoms with Crippen LogP contribution in [0.1, 0.15) is 31.0 Å². The first kappa shape index (κ1) is 12.2. The molecule has 2 unspecified atom stereocenters. The maximum Gasteiger partial charge on any atom is 0.164 e. The third-order valence-corrected chi connectivity index (χ3v) is 3.54. The van der Waals surface area contributed by atoms with Gasteiger partial charge in [0.05, 0.1) is 14.2 Å². The number of nitrogens with one attached hydrogen (secondary N) is 1. The van der Waals surface area contributed by atoms with Crippen molar-refractivity contribution in [2.75, 3.05) is 20.8 Å². The largest absolute Gasteiger partial charge is 0.493 e. The molecule has 0 amide bonds. The van der Waals surface area contributed by atoms with Crippen molar-refractivity contribution in [2.24, 2.45) is 5.92 Å². The molecule has 0 heterocycles. The third-order valence-electron chi connectivity index (χ3n) is 3.54. The zero-order valence-corrected chi connectivity index (χ0v) is 11.0. The number of fused-ring (bicyclic) bond motifs is 1. The Morgan fingerprint density at radius 2 is 2.06 bits per heavy atom. The van der Waals surface area contributed by atoms with E-state index in [0.717, 1.165) is 24.5 Å². The summed E-state index contributed by atoms with van der Waals surface area (Å²) in [7, 11) is 3.40. The van der Waals surface area contributed by atoms with Gasteiger partial charge in [0.2, 0.25) is 0 Å². The summed E-state index contributed by atoms with van der Waals surface area (Å²) >= 11 is 0. The number of ether oxygens (including phenoxy) is 2.